The van der Waals surface area contributed by atoms with E-state index in [-0.39, 0.29) is 22.9 Å². The van der Waals surface area contributed by atoms with Gasteiger partial charge in [-0.1, -0.05) is 36.4 Å². The van der Waals surface area contributed by atoms with Gasteiger partial charge in [0.1, 0.15) is 0 Å². The molecule has 0 aliphatic carbocycles. The van der Waals surface area contributed by atoms with Gasteiger partial charge in [-0.3, -0.25) is 9.69 Å². The molecule has 24 heavy (non-hydrogen) atoms. The number of benzene rings is 2. The number of ether oxygens (including phenoxy) is 1. The molecule has 1 aliphatic heterocycles. The number of carbonyl (C=O) groups is 1. The monoisotopic (exact) mass is 390 g/mol. The highest BCUT2D eigenvalue weighted by Gasteiger charge is 2.12. The first kappa shape index (κ1) is 18.6. The molecule has 3 rings (SSSR count). The van der Waals surface area contributed by atoms with Crippen LogP contribution in [0.1, 0.15) is 21.5 Å². The van der Waals surface area contributed by atoms with Crippen LogP contribution in [0.2, 0.25) is 0 Å². The SMILES string of the molecule is Br.Cc1c(C(N)=O)cccc1-c1ccc(CN2CCOCC2)cc1. The molecule has 128 valence electrons. The maximum absolute atomic E-state index is 11.5. The lowest BCUT2D eigenvalue weighted by Crippen LogP contribution is -2.35. The van der Waals surface area contributed by atoms with Crippen molar-refractivity contribution in [3.8, 4) is 11.1 Å². The normalized spacial score (nSPS) is 14.9. The molecule has 2 aromatic rings. The van der Waals surface area contributed by atoms with E-state index >= 15 is 0 Å². The number of nitrogens with zero attached hydrogens (tertiary/aromatic N) is 1. The van der Waals surface area contributed by atoms with Crippen LogP contribution in [0.25, 0.3) is 11.1 Å². The van der Waals surface area contributed by atoms with E-state index in [1.165, 1.54) is 5.56 Å². The van der Waals surface area contributed by atoms with Gasteiger partial charge < -0.3 is 10.5 Å². The fourth-order valence-electron chi connectivity index (χ4n) is 3.02. The van der Waals surface area contributed by atoms with Crippen molar-refractivity contribution in [2.75, 3.05) is 26.3 Å². The Labute approximate surface area is 153 Å². The van der Waals surface area contributed by atoms with Gasteiger partial charge in [0.25, 0.3) is 0 Å². The quantitative estimate of drug-likeness (QED) is 0.871. The highest BCUT2D eigenvalue weighted by Crippen LogP contribution is 2.26. The number of carbonyl (C=O) groups excluding carboxylic acids is 1. The Morgan fingerprint density at radius 2 is 1.79 bits per heavy atom. The van der Waals surface area contributed by atoms with Gasteiger partial charge in [-0.15, -0.1) is 17.0 Å². The molecule has 0 atom stereocenters. The fourth-order valence-corrected chi connectivity index (χ4v) is 3.02. The molecule has 2 N–H and O–H groups in total. The molecule has 0 radical (unpaired) electrons. The highest BCUT2D eigenvalue weighted by molar-refractivity contribution is 8.93. The second kappa shape index (κ2) is 8.42. The standard InChI is InChI=1S/C19H22N2O2.BrH/c1-14-17(3-2-4-18(14)19(20)22)16-7-5-15(6-8-16)13-21-9-11-23-12-10-21;/h2-8H,9-13H2,1H3,(H2,20,22);1H. The van der Waals surface area contributed by atoms with Crippen molar-refractivity contribution in [1.29, 1.82) is 0 Å². The summed E-state index contributed by atoms with van der Waals surface area (Å²) in [6.45, 7) is 6.50. The van der Waals surface area contributed by atoms with Gasteiger partial charge in [-0.2, -0.15) is 0 Å². The van der Waals surface area contributed by atoms with Crippen LogP contribution in [0, 0.1) is 6.92 Å². The largest absolute Gasteiger partial charge is 0.379 e. The van der Waals surface area contributed by atoms with E-state index in [0.29, 0.717) is 5.56 Å². The molecule has 1 aliphatic rings. The third-order valence-corrected chi connectivity index (χ3v) is 4.37. The molecule has 1 saturated heterocycles. The number of hydrogen-bond donors (Lipinski definition) is 1. The smallest absolute Gasteiger partial charge is 0.248 e. The summed E-state index contributed by atoms with van der Waals surface area (Å²) in [4.78, 5) is 13.9. The Balaban J connectivity index is 0.00000208. The maximum atomic E-state index is 11.5. The number of morpholine rings is 1. The van der Waals surface area contributed by atoms with Crippen LogP contribution in [0.15, 0.2) is 42.5 Å². The summed E-state index contributed by atoms with van der Waals surface area (Å²) in [5.74, 6) is -0.381. The van der Waals surface area contributed by atoms with Gasteiger partial charge in [0.05, 0.1) is 13.2 Å². The minimum atomic E-state index is -0.381. The van der Waals surface area contributed by atoms with Crippen molar-refractivity contribution in [3.63, 3.8) is 0 Å². The van der Waals surface area contributed by atoms with E-state index in [1.807, 2.05) is 19.1 Å². The molecule has 0 unspecified atom stereocenters. The first-order valence-electron chi connectivity index (χ1n) is 7.94. The zero-order valence-corrected chi connectivity index (χ0v) is 15.5. The van der Waals surface area contributed by atoms with Gasteiger partial charge in [0.15, 0.2) is 0 Å². The maximum Gasteiger partial charge on any atom is 0.248 e. The van der Waals surface area contributed by atoms with E-state index < -0.39 is 0 Å². The lowest BCUT2D eigenvalue weighted by Gasteiger charge is -2.26. The van der Waals surface area contributed by atoms with E-state index in [2.05, 4.69) is 29.2 Å². The first-order valence-corrected chi connectivity index (χ1v) is 7.94. The lowest BCUT2D eigenvalue weighted by atomic mass is 9.95. The Morgan fingerprint density at radius 1 is 1.12 bits per heavy atom. The Hall–Kier alpha value is -1.69. The number of amides is 1. The zero-order chi connectivity index (χ0) is 16.2. The van der Waals surface area contributed by atoms with Crippen molar-refractivity contribution in [3.05, 3.63) is 59.2 Å². The minimum Gasteiger partial charge on any atom is -0.379 e. The first-order chi connectivity index (χ1) is 11.1. The summed E-state index contributed by atoms with van der Waals surface area (Å²) in [7, 11) is 0. The van der Waals surface area contributed by atoms with Gasteiger partial charge in [-0.25, -0.2) is 0 Å². The molecular weight excluding hydrogens is 368 g/mol. The van der Waals surface area contributed by atoms with E-state index in [4.69, 9.17) is 10.5 Å². The van der Waals surface area contributed by atoms with Crippen LogP contribution < -0.4 is 5.73 Å². The van der Waals surface area contributed by atoms with Crippen LogP contribution in [0.4, 0.5) is 0 Å². The Kier molecular flexibility index (Phi) is 6.54. The number of halogens is 1. The topological polar surface area (TPSA) is 55.6 Å². The molecule has 5 heteroatoms. The number of nitrogens with two attached hydrogens (primary N) is 1. The van der Waals surface area contributed by atoms with E-state index in [1.54, 1.807) is 6.07 Å². The average Bonchev–Trinajstić information content (AvgIpc) is 2.57. The summed E-state index contributed by atoms with van der Waals surface area (Å²) in [5, 5.41) is 0. The van der Waals surface area contributed by atoms with Crippen LogP contribution in [-0.2, 0) is 11.3 Å². The van der Waals surface area contributed by atoms with Gasteiger partial charge in [0.2, 0.25) is 5.91 Å². The summed E-state index contributed by atoms with van der Waals surface area (Å²) in [6.07, 6.45) is 0. The van der Waals surface area contributed by atoms with Crippen molar-refractivity contribution < 1.29 is 9.53 Å². The van der Waals surface area contributed by atoms with Gasteiger partial charge in [-0.05, 0) is 35.2 Å². The molecular formula is C19H23BrN2O2. The Bertz CT molecular complexity index is 695. The van der Waals surface area contributed by atoms with Crippen molar-refractivity contribution in [2.24, 2.45) is 5.73 Å². The molecule has 2 aromatic carbocycles. The van der Waals surface area contributed by atoms with Crippen LogP contribution in [0.5, 0.6) is 0 Å². The summed E-state index contributed by atoms with van der Waals surface area (Å²) in [5.41, 5.74) is 10.4. The lowest BCUT2D eigenvalue weighted by molar-refractivity contribution is 0.0342. The summed E-state index contributed by atoms with van der Waals surface area (Å²) in [6, 6.07) is 14.2. The summed E-state index contributed by atoms with van der Waals surface area (Å²) < 4.78 is 5.38. The third kappa shape index (κ3) is 4.23. The third-order valence-electron chi connectivity index (χ3n) is 4.37. The number of rotatable bonds is 4. The molecule has 1 heterocycles. The average molecular weight is 391 g/mol. The highest BCUT2D eigenvalue weighted by atomic mass is 79.9. The molecule has 1 fully saturated rings. The molecule has 0 bridgehead atoms. The van der Waals surface area contributed by atoms with Crippen molar-refractivity contribution >= 4 is 22.9 Å². The second-order valence-electron chi connectivity index (χ2n) is 5.93. The fraction of sp³-hybridized carbons (Fsp3) is 0.316. The van der Waals surface area contributed by atoms with Crippen molar-refractivity contribution in [2.45, 2.75) is 13.5 Å². The number of hydrogen-bond acceptors (Lipinski definition) is 3. The molecule has 0 spiro atoms. The van der Waals surface area contributed by atoms with Gasteiger partial charge >= 0.3 is 0 Å². The van der Waals surface area contributed by atoms with Crippen LogP contribution in [-0.4, -0.2) is 37.1 Å². The molecule has 4 nitrogen and oxygen atoms in total. The van der Waals surface area contributed by atoms with E-state index in [0.717, 1.165) is 49.5 Å². The molecule has 1 amide bonds. The minimum absolute atomic E-state index is 0. The predicted octanol–water partition coefficient (Wildman–Crippen LogP) is 3.17. The Morgan fingerprint density at radius 3 is 2.42 bits per heavy atom. The number of primary amides is 1. The zero-order valence-electron chi connectivity index (χ0n) is 13.8. The predicted molar refractivity (Wildman–Crippen MR) is 102 cm³/mol. The van der Waals surface area contributed by atoms with Crippen molar-refractivity contribution in [1.82, 2.24) is 4.90 Å². The molecule has 0 saturated carbocycles. The van der Waals surface area contributed by atoms with E-state index in [9.17, 15) is 4.79 Å². The van der Waals surface area contributed by atoms with Crippen LogP contribution >= 0.6 is 17.0 Å². The molecule has 0 aromatic heterocycles. The van der Waals surface area contributed by atoms with Crippen LogP contribution in [0.3, 0.4) is 0 Å². The summed E-state index contributed by atoms with van der Waals surface area (Å²) >= 11 is 0. The van der Waals surface area contributed by atoms with Gasteiger partial charge in [0, 0.05) is 25.2 Å². The second-order valence-corrected chi connectivity index (χ2v) is 5.93.